The Labute approximate surface area is 101 Å². The van der Waals surface area contributed by atoms with Crippen LogP contribution in [-0.2, 0) is 24.8 Å². The van der Waals surface area contributed by atoms with Crippen LogP contribution in [0.25, 0.3) is 0 Å². The molecule has 1 unspecified atom stereocenters. The molecule has 0 aliphatic carbocycles. The molecule has 8 nitrogen and oxygen atoms in total. The molecule has 0 aromatic carbocycles. The van der Waals surface area contributed by atoms with Crippen molar-refractivity contribution >= 4 is 26.0 Å². The summed E-state index contributed by atoms with van der Waals surface area (Å²) in [5, 5.41) is 6.90. The third-order valence-corrected chi connectivity index (χ3v) is 5.60. The van der Waals surface area contributed by atoms with E-state index < -0.39 is 37.0 Å². The van der Waals surface area contributed by atoms with Crippen molar-refractivity contribution in [3.63, 3.8) is 0 Å². The molecular weight excluding hydrogens is 272 g/mol. The lowest BCUT2D eigenvalue weighted by Gasteiger charge is -2.13. The SMILES string of the molecule is CC(C(=O)O)S(=O)(=O)NCCS(=O)(=O)N(C)C. The Kier molecular flexibility index (Phi) is 5.52. The summed E-state index contributed by atoms with van der Waals surface area (Å²) in [5.74, 6) is -1.92. The van der Waals surface area contributed by atoms with Crippen LogP contribution in [-0.4, -0.2) is 63.9 Å². The van der Waals surface area contributed by atoms with Crippen LogP contribution in [0.3, 0.4) is 0 Å². The smallest absolute Gasteiger partial charge is 0.323 e. The number of carboxylic acids is 1. The van der Waals surface area contributed by atoms with Crippen molar-refractivity contribution in [3.8, 4) is 0 Å². The van der Waals surface area contributed by atoms with Crippen molar-refractivity contribution in [1.82, 2.24) is 9.03 Å². The minimum atomic E-state index is -4.04. The van der Waals surface area contributed by atoms with Gasteiger partial charge in [0.25, 0.3) is 0 Å². The second-order valence-corrected chi connectivity index (χ2v) is 7.91. The summed E-state index contributed by atoms with van der Waals surface area (Å²) in [6.45, 7) is 0.644. The van der Waals surface area contributed by atoms with E-state index in [1.807, 2.05) is 4.72 Å². The fourth-order valence-electron chi connectivity index (χ4n) is 0.753. The fraction of sp³-hybridized carbons (Fsp3) is 0.857. The zero-order chi connectivity index (χ0) is 13.9. The molecule has 0 radical (unpaired) electrons. The minimum Gasteiger partial charge on any atom is -0.480 e. The number of aliphatic carboxylic acids is 1. The van der Waals surface area contributed by atoms with Crippen LogP contribution in [0, 0.1) is 0 Å². The normalized spacial score (nSPS) is 14.8. The number of rotatable bonds is 7. The molecule has 1 atom stereocenters. The van der Waals surface area contributed by atoms with E-state index in [0.29, 0.717) is 0 Å². The summed E-state index contributed by atoms with van der Waals surface area (Å²) in [7, 11) is -4.90. The average molecular weight is 288 g/mol. The van der Waals surface area contributed by atoms with E-state index in [0.717, 1.165) is 11.2 Å². The molecule has 0 aromatic rings. The first-order chi connectivity index (χ1) is 7.50. The maximum Gasteiger partial charge on any atom is 0.323 e. The largest absolute Gasteiger partial charge is 0.480 e. The van der Waals surface area contributed by atoms with Crippen LogP contribution in [0.15, 0.2) is 0 Å². The minimum absolute atomic E-state index is 0.361. The zero-order valence-electron chi connectivity index (χ0n) is 9.74. The van der Waals surface area contributed by atoms with E-state index in [1.165, 1.54) is 14.1 Å². The van der Waals surface area contributed by atoms with E-state index in [-0.39, 0.29) is 6.54 Å². The Morgan fingerprint density at radius 3 is 2.12 bits per heavy atom. The first kappa shape index (κ1) is 16.3. The van der Waals surface area contributed by atoms with E-state index in [9.17, 15) is 21.6 Å². The molecule has 2 N–H and O–H groups in total. The highest BCUT2D eigenvalue weighted by Gasteiger charge is 2.27. The standard InChI is InChI=1S/C7H16N2O6S2/c1-6(7(10)11)17(14,15)8-4-5-16(12,13)9(2)3/h6,8H,4-5H2,1-3H3,(H,10,11). The summed E-state index contributed by atoms with van der Waals surface area (Å²) in [6.07, 6.45) is 0. The van der Waals surface area contributed by atoms with Crippen LogP contribution < -0.4 is 4.72 Å². The van der Waals surface area contributed by atoms with Crippen LogP contribution in [0.4, 0.5) is 0 Å². The second kappa shape index (κ2) is 5.76. The van der Waals surface area contributed by atoms with Crippen LogP contribution in [0.1, 0.15) is 6.92 Å². The Balaban J connectivity index is 4.47. The number of hydrogen-bond donors (Lipinski definition) is 2. The van der Waals surface area contributed by atoms with E-state index in [2.05, 4.69) is 0 Å². The maximum absolute atomic E-state index is 11.3. The topological polar surface area (TPSA) is 121 Å². The zero-order valence-corrected chi connectivity index (χ0v) is 11.4. The average Bonchev–Trinajstić information content (AvgIpc) is 2.15. The first-order valence-corrected chi connectivity index (χ1v) is 7.77. The molecule has 0 amide bonds. The Morgan fingerprint density at radius 2 is 1.76 bits per heavy atom. The Hall–Kier alpha value is -0.710. The molecule has 0 aliphatic heterocycles. The molecule has 0 bridgehead atoms. The molecule has 0 aromatic heterocycles. The summed E-state index contributed by atoms with van der Waals surface area (Å²) < 4.78 is 48.1. The Bertz CT molecular complexity index is 467. The lowest BCUT2D eigenvalue weighted by molar-refractivity contribution is -0.136. The van der Waals surface area contributed by atoms with Crippen LogP contribution in [0.2, 0.25) is 0 Å². The van der Waals surface area contributed by atoms with Crippen molar-refractivity contribution in [2.45, 2.75) is 12.2 Å². The summed E-state index contributed by atoms with van der Waals surface area (Å²) in [5.41, 5.74) is 0. The third kappa shape index (κ3) is 4.98. The van der Waals surface area contributed by atoms with Gasteiger partial charge >= 0.3 is 5.97 Å². The molecule has 0 saturated heterocycles. The van der Waals surface area contributed by atoms with Gasteiger partial charge in [-0.1, -0.05) is 0 Å². The molecule has 0 saturated carbocycles. The highest BCUT2D eigenvalue weighted by Crippen LogP contribution is 1.99. The summed E-state index contributed by atoms with van der Waals surface area (Å²) in [6, 6.07) is 0. The highest BCUT2D eigenvalue weighted by molar-refractivity contribution is 7.91. The van der Waals surface area contributed by atoms with E-state index >= 15 is 0 Å². The number of nitrogens with zero attached hydrogens (tertiary/aromatic N) is 1. The molecule has 0 spiro atoms. The Morgan fingerprint density at radius 1 is 1.29 bits per heavy atom. The molecule has 10 heteroatoms. The van der Waals surface area contributed by atoms with Crippen molar-refractivity contribution < 1.29 is 26.7 Å². The molecule has 102 valence electrons. The number of carboxylic acid groups (broad SMARTS) is 1. The molecule has 0 aliphatic rings. The quantitative estimate of drug-likeness (QED) is 0.574. The van der Waals surface area contributed by atoms with Gasteiger partial charge in [0, 0.05) is 20.6 Å². The monoisotopic (exact) mass is 288 g/mol. The summed E-state index contributed by atoms with van der Waals surface area (Å²) in [4.78, 5) is 10.5. The lowest BCUT2D eigenvalue weighted by atomic mass is 10.5. The van der Waals surface area contributed by atoms with Gasteiger partial charge in [-0.3, -0.25) is 4.79 Å². The van der Waals surface area contributed by atoms with Crippen molar-refractivity contribution in [2.75, 3.05) is 26.4 Å². The van der Waals surface area contributed by atoms with Crippen molar-refractivity contribution in [3.05, 3.63) is 0 Å². The maximum atomic E-state index is 11.3. The van der Waals surface area contributed by atoms with E-state index in [1.54, 1.807) is 0 Å². The van der Waals surface area contributed by atoms with Crippen molar-refractivity contribution in [1.29, 1.82) is 0 Å². The predicted octanol–water partition coefficient (Wildman–Crippen LogP) is -1.73. The molecule has 0 rings (SSSR count). The number of carbonyl (C=O) groups is 1. The van der Waals surface area contributed by atoms with Crippen molar-refractivity contribution in [2.24, 2.45) is 0 Å². The summed E-state index contributed by atoms with van der Waals surface area (Å²) >= 11 is 0. The van der Waals surface area contributed by atoms with Crippen LogP contribution >= 0.6 is 0 Å². The number of hydrogen-bond acceptors (Lipinski definition) is 5. The van der Waals surface area contributed by atoms with Gasteiger partial charge < -0.3 is 5.11 Å². The van der Waals surface area contributed by atoms with Gasteiger partial charge in [0.15, 0.2) is 5.25 Å². The van der Waals surface area contributed by atoms with Gasteiger partial charge in [-0.25, -0.2) is 25.9 Å². The molecule has 0 fully saturated rings. The number of nitrogens with one attached hydrogen (secondary N) is 1. The van der Waals surface area contributed by atoms with Gasteiger partial charge in [-0.2, -0.15) is 0 Å². The first-order valence-electron chi connectivity index (χ1n) is 4.62. The van der Waals surface area contributed by atoms with Gasteiger partial charge in [-0.15, -0.1) is 0 Å². The fourth-order valence-corrected chi connectivity index (χ4v) is 2.51. The van der Waals surface area contributed by atoms with E-state index in [4.69, 9.17) is 5.11 Å². The predicted molar refractivity (Wildman–Crippen MR) is 61.5 cm³/mol. The highest BCUT2D eigenvalue weighted by atomic mass is 32.2. The van der Waals surface area contributed by atoms with Gasteiger partial charge in [0.2, 0.25) is 20.0 Å². The van der Waals surface area contributed by atoms with Gasteiger partial charge in [-0.05, 0) is 6.92 Å². The molecule has 0 heterocycles. The number of sulfonamides is 2. The van der Waals surface area contributed by atoms with Gasteiger partial charge in [0.05, 0.1) is 5.75 Å². The lowest BCUT2D eigenvalue weighted by Crippen LogP contribution is -2.40. The van der Waals surface area contributed by atoms with Gasteiger partial charge in [0.1, 0.15) is 0 Å². The molecule has 17 heavy (non-hydrogen) atoms. The van der Waals surface area contributed by atoms with Crippen LogP contribution in [0.5, 0.6) is 0 Å². The second-order valence-electron chi connectivity index (χ2n) is 3.52. The molecular formula is C7H16N2O6S2. The third-order valence-electron chi connectivity index (χ3n) is 2.03.